The van der Waals surface area contributed by atoms with E-state index in [-0.39, 0.29) is 30.8 Å². The van der Waals surface area contributed by atoms with Crippen LogP contribution >= 0.6 is 0 Å². The Labute approximate surface area is 333 Å². The molecule has 8 bridgehead atoms. The first-order valence-corrected chi connectivity index (χ1v) is 20.4. The quantitative estimate of drug-likeness (QED) is 0.128. The van der Waals surface area contributed by atoms with Crippen LogP contribution < -0.4 is 5.32 Å². The topological polar surface area (TPSA) is 116 Å². The zero-order chi connectivity index (χ0) is 40.4. The number of rotatable bonds is 13. The fraction of sp³-hybridized carbons (Fsp3) is 0.458. The van der Waals surface area contributed by atoms with Crippen LogP contribution in [0, 0.1) is 11.8 Å². The molecule has 296 valence electrons. The molecule has 6 aliphatic rings. The molecule has 0 aromatic carbocycles. The van der Waals surface area contributed by atoms with E-state index in [1.807, 2.05) is 32.1 Å². The van der Waals surface area contributed by atoms with Crippen molar-refractivity contribution in [2.24, 2.45) is 26.8 Å². The molecule has 56 heavy (non-hydrogen) atoms. The first-order chi connectivity index (χ1) is 26.7. The van der Waals surface area contributed by atoms with E-state index in [9.17, 15) is 15.0 Å². The second-order valence-electron chi connectivity index (χ2n) is 16.4. The number of aliphatic hydroxyl groups is 2. The summed E-state index contributed by atoms with van der Waals surface area (Å²) in [5.74, 6) is 0.0565. The molecule has 5 aliphatic heterocycles. The van der Waals surface area contributed by atoms with Gasteiger partial charge in [0, 0.05) is 52.8 Å². The predicted molar refractivity (Wildman–Crippen MR) is 229 cm³/mol. The van der Waals surface area contributed by atoms with Gasteiger partial charge in [-0.3, -0.25) is 4.79 Å². The van der Waals surface area contributed by atoms with Gasteiger partial charge in [-0.05, 0) is 141 Å². The Morgan fingerprint density at radius 1 is 0.911 bits per heavy atom. The van der Waals surface area contributed by atoms with E-state index >= 15 is 0 Å². The van der Waals surface area contributed by atoms with Crippen molar-refractivity contribution in [1.29, 1.82) is 0 Å². The highest BCUT2D eigenvalue weighted by molar-refractivity contribution is 6.21. The molecule has 1 unspecified atom stereocenters. The number of nitrogens with one attached hydrogen (secondary N) is 1. The molecule has 0 aromatic heterocycles. The van der Waals surface area contributed by atoms with E-state index in [4.69, 9.17) is 19.7 Å². The van der Waals surface area contributed by atoms with Crippen LogP contribution in [0.2, 0.25) is 0 Å². The van der Waals surface area contributed by atoms with Crippen molar-refractivity contribution in [2.75, 3.05) is 6.61 Å². The van der Waals surface area contributed by atoms with Crippen LogP contribution in [0.4, 0.5) is 0 Å². The number of allylic oxidation sites excluding steroid dienone is 16. The summed E-state index contributed by atoms with van der Waals surface area (Å²) >= 11 is 0. The molecule has 0 saturated carbocycles. The van der Waals surface area contributed by atoms with E-state index in [2.05, 4.69) is 72.0 Å². The Hall–Kier alpha value is -4.82. The van der Waals surface area contributed by atoms with Gasteiger partial charge in [0.1, 0.15) is 12.4 Å². The second kappa shape index (κ2) is 17.1. The van der Waals surface area contributed by atoms with Crippen LogP contribution in [0.25, 0.3) is 0 Å². The van der Waals surface area contributed by atoms with Crippen molar-refractivity contribution in [3.8, 4) is 0 Å². The van der Waals surface area contributed by atoms with Crippen LogP contribution in [-0.2, 0) is 9.53 Å². The molecule has 1 saturated heterocycles. The van der Waals surface area contributed by atoms with Crippen LogP contribution in [0.1, 0.15) is 121 Å². The maximum absolute atomic E-state index is 13.2. The highest BCUT2D eigenvalue weighted by Crippen LogP contribution is 2.46. The van der Waals surface area contributed by atoms with Gasteiger partial charge in [0.2, 0.25) is 0 Å². The number of esters is 1. The lowest BCUT2D eigenvalue weighted by molar-refractivity contribution is -0.142. The van der Waals surface area contributed by atoms with E-state index in [0.29, 0.717) is 24.3 Å². The molecule has 0 aromatic rings. The zero-order valence-corrected chi connectivity index (χ0v) is 35.1. The van der Waals surface area contributed by atoms with Gasteiger partial charge in [-0.2, -0.15) is 0 Å². The van der Waals surface area contributed by atoms with E-state index in [1.54, 1.807) is 6.92 Å². The van der Waals surface area contributed by atoms with Gasteiger partial charge in [0.15, 0.2) is 0 Å². The highest BCUT2D eigenvalue weighted by atomic mass is 16.5. The first kappa shape index (κ1) is 40.8. The van der Waals surface area contributed by atoms with E-state index in [0.717, 1.165) is 111 Å². The van der Waals surface area contributed by atoms with Crippen molar-refractivity contribution in [3.63, 3.8) is 0 Å². The molecule has 8 heteroatoms. The normalized spacial score (nSPS) is 22.7. The van der Waals surface area contributed by atoms with Gasteiger partial charge >= 0.3 is 5.97 Å². The lowest BCUT2D eigenvalue weighted by Gasteiger charge is -2.17. The Bertz CT molecular complexity index is 2160. The van der Waals surface area contributed by atoms with Crippen molar-refractivity contribution in [3.05, 3.63) is 126 Å². The standard InChI is InChI=1S/C48H60N4O4/c1-11-34-29(6)37-25-42-45(33(10)53)31(8)39(50-42)23-38-30(7)35(18-19-44(55)56-21-20-28(5)17-13-16-27(4)15-12-14-26(2)3)47(51-38)36-22-43(54)46-32(9)40(52-48(36)46)24-41(34)49-37/h14,16,20,23-25,30,33,35,51,53-54H,11-13,15,17-19,21-22H2,1-10H3/b27-16-,28-20+,38-23?,41-24?,42-25?,47-36?/t30-,33?,35-/m0/s1. The average molecular weight is 757 g/mol. The van der Waals surface area contributed by atoms with Gasteiger partial charge in [-0.25, -0.2) is 15.0 Å². The summed E-state index contributed by atoms with van der Waals surface area (Å²) in [6, 6.07) is 0. The monoisotopic (exact) mass is 756 g/mol. The second-order valence-corrected chi connectivity index (χ2v) is 16.4. The fourth-order valence-corrected chi connectivity index (χ4v) is 8.61. The minimum Gasteiger partial charge on any atom is -0.511 e. The largest absolute Gasteiger partial charge is 0.511 e. The average Bonchev–Trinajstić information content (AvgIpc) is 3.89. The predicted octanol–water partition coefficient (Wildman–Crippen LogP) is 10.8. The molecule has 5 heterocycles. The first-order valence-electron chi connectivity index (χ1n) is 20.4. The minimum atomic E-state index is -0.715. The molecule has 0 spiro atoms. The zero-order valence-electron chi connectivity index (χ0n) is 35.1. The SMILES string of the molecule is CCC1=C(C)C2=NC1=CC1=C(C)C3=C(O)CC(=C4NC(=CC5=NC(=C2)C(C(C)O)=C5C)[C@@H](C)[C@@H]4CCC(=O)OC/C=C(\C)CC/C=C(/C)CCC=C(C)C)C3=N1. The van der Waals surface area contributed by atoms with Crippen LogP contribution in [0.5, 0.6) is 0 Å². The van der Waals surface area contributed by atoms with Gasteiger partial charge in [0.25, 0.3) is 0 Å². The number of hydrogen-bond donors (Lipinski definition) is 3. The number of carbonyl (C=O) groups excluding carboxylic acids is 1. The summed E-state index contributed by atoms with van der Waals surface area (Å²) in [5, 5.41) is 26.1. The molecule has 0 radical (unpaired) electrons. The molecule has 1 fully saturated rings. The highest BCUT2D eigenvalue weighted by Gasteiger charge is 2.41. The van der Waals surface area contributed by atoms with Crippen LogP contribution in [0.15, 0.2) is 141 Å². The van der Waals surface area contributed by atoms with Gasteiger partial charge < -0.3 is 20.3 Å². The summed E-state index contributed by atoms with van der Waals surface area (Å²) in [5.41, 5.74) is 17.3. The van der Waals surface area contributed by atoms with Crippen molar-refractivity contribution < 1.29 is 19.7 Å². The third-order valence-electron chi connectivity index (χ3n) is 12.0. The van der Waals surface area contributed by atoms with Crippen molar-refractivity contribution in [1.82, 2.24) is 5.32 Å². The molecule has 3 atom stereocenters. The number of aliphatic hydroxyl groups excluding tert-OH is 2. The molecule has 8 nitrogen and oxygen atoms in total. The van der Waals surface area contributed by atoms with Crippen molar-refractivity contribution in [2.45, 2.75) is 127 Å². The van der Waals surface area contributed by atoms with Gasteiger partial charge in [0.05, 0.1) is 40.3 Å². The molecule has 1 aliphatic carbocycles. The number of fused-ring (bicyclic) bond motifs is 5. The maximum Gasteiger partial charge on any atom is 0.306 e. The van der Waals surface area contributed by atoms with E-state index < -0.39 is 6.10 Å². The molecular formula is C48H60N4O4. The van der Waals surface area contributed by atoms with E-state index in [1.165, 1.54) is 16.7 Å². The third kappa shape index (κ3) is 8.46. The summed E-state index contributed by atoms with van der Waals surface area (Å²) in [4.78, 5) is 28.5. The molecule has 0 amide bonds. The Balaban J connectivity index is 1.26. The summed E-state index contributed by atoms with van der Waals surface area (Å²) in [6.45, 7) is 21.0. The summed E-state index contributed by atoms with van der Waals surface area (Å²) in [7, 11) is 0. The molecule has 3 N–H and O–H groups in total. The Kier molecular flexibility index (Phi) is 12.5. The number of hydrogen-bond acceptors (Lipinski definition) is 8. The number of carbonyl (C=O) groups is 1. The minimum absolute atomic E-state index is 0.0155. The third-order valence-corrected chi connectivity index (χ3v) is 12.0. The summed E-state index contributed by atoms with van der Waals surface area (Å²) in [6.07, 6.45) is 18.1. The molecular weight excluding hydrogens is 697 g/mol. The summed E-state index contributed by atoms with van der Waals surface area (Å²) < 4.78 is 5.73. The fourth-order valence-electron chi connectivity index (χ4n) is 8.61. The smallest absolute Gasteiger partial charge is 0.306 e. The number of aliphatic imine (C=N–C) groups is 3. The number of nitrogens with zero attached hydrogens (tertiary/aromatic N) is 3. The lowest BCUT2D eigenvalue weighted by Crippen LogP contribution is -2.16. The Morgan fingerprint density at radius 3 is 2.29 bits per heavy atom. The van der Waals surface area contributed by atoms with Crippen LogP contribution in [0.3, 0.4) is 0 Å². The molecule has 6 rings (SSSR count). The van der Waals surface area contributed by atoms with Crippen molar-refractivity contribution >= 4 is 23.1 Å². The lowest BCUT2D eigenvalue weighted by atomic mass is 9.86. The van der Waals surface area contributed by atoms with Gasteiger partial charge in [-0.15, -0.1) is 0 Å². The van der Waals surface area contributed by atoms with Gasteiger partial charge in [-0.1, -0.05) is 42.7 Å². The van der Waals surface area contributed by atoms with Crippen LogP contribution in [-0.4, -0.2) is 46.0 Å². The maximum atomic E-state index is 13.2. The number of ether oxygens (including phenoxy) is 1. The Morgan fingerprint density at radius 2 is 1.59 bits per heavy atom.